The average molecular weight is 351 g/mol. The van der Waals surface area contributed by atoms with Gasteiger partial charge in [0.1, 0.15) is 0 Å². The predicted octanol–water partition coefficient (Wildman–Crippen LogP) is 5.74. The van der Waals surface area contributed by atoms with Gasteiger partial charge in [0, 0.05) is 0 Å². The Morgan fingerprint density at radius 3 is 2.20 bits per heavy atom. The lowest BCUT2D eigenvalue weighted by Gasteiger charge is -2.02. The van der Waals surface area contributed by atoms with Gasteiger partial charge in [-0.1, -0.05) is 50.6 Å². The summed E-state index contributed by atoms with van der Waals surface area (Å²) in [4.78, 5) is 11.7. The second-order valence-electron chi connectivity index (χ2n) is 4.49. The van der Waals surface area contributed by atoms with Gasteiger partial charge < -0.3 is 0 Å². The van der Waals surface area contributed by atoms with E-state index in [2.05, 4.69) is 6.92 Å². The Labute approximate surface area is 128 Å². The molecule has 0 aliphatic heterocycles. The summed E-state index contributed by atoms with van der Waals surface area (Å²) in [6.07, 6.45) is 5.59. The van der Waals surface area contributed by atoms with Crippen LogP contribution < -0.4 is 5.56 Å². The molecular weight excluding hydrogens is 334 g/mol. The first-order chi connectivity index (χ1) is 9.30. The molecule has 1 atom stereocenters. The fourth-order valence-electron chi connectivity index (χ4n) is 1.91. The van der Waals surface area contributed by atoms with Gasteiger partial charge in [-0.2, -0.15) is 0 Å². The van der Waals surface area contributed by atoms with Gasteiger partial charge in [-0.15, -0.1) is 17.1 Å². The Balaban J connectivity index is 2.75. The lowest BCUT2D eigenvalue weighted by molar-refractivity contribution is -0.0885. The van der Waals surface area contributed by atoms with Crippen LogP contribution in [0.2, 0.25) is 9.36 Å². The third-order valence-corrected chi connectivity index (χ3v) is 5.87. The van der Waals surface area contributed by atoms with E-state index in [-0.39, 0.29) is 6.54 Å². The Morgan fingerprint density at radius 1 is 1.10 bits per heavy atom. The summed E-state index contributed by atoms with van der Waals surface area (Å²) in [7, 11) is -2.40. The lowest BCUT2D eigenvalue weighted by atomic mass is 10.1. The van der Waals surface area contributed by atoms with Crippen molar-refractivity contribution in [2.24, 2.45) is 0 Å². The molecule has 1 heterocycles. The van der Waals surface area contributed by atoms with Gasteiger partial charge in [0.25, 0.3) is 4.34 Å². The maximum Gasteiger partial charge on any atom is 0.622 e. The Hall–Kier alpha value is -0.200. The molecule has 20 heavy (non-hydrogen) atoms. The minimum Gasteiger partial charge on any atom is -0.263 e. The lowest BCUT2D eigenvalue weighted by Crippen LogP contribution is -2.17. The van der Waals surface area contributed by atoms with Gasteiger partial charge in [0.2, 0.25) is 10.7 Å². The van der Waals surface area contributed by atoms with Crippen LogP contribution in [-0.4, -0.2) is 3.96 Å². The quantitative estimate of drug-likeness (QED) is 0.453. The van der Waals surface area contributed by atoms with E-state index in [1.54, 1.807) is 0 Å². The summed E-state index contributed by atoms with van der Waals surface area (Å²) in [5.41, 5.74) is -5.38. The normalized spacial score (nSPS) is 13.0. The second-order valence-corrected chi connectivity index (χ2v) is 7.35. The van der Waals surface area contributed by atoms with Crippen LogP contribution in [0.25, 0.3) is 0 Å². The van der Waals surface area contributed by atoms with Gasteiger partial charge in [-0.05, 0) is 18.0 Å². The number of halogens is 5. The van der Waals surface area contributed by atoms with Crippen LogP contribution >= 0.6 is 33.9 Å². The number of unbranched alkanes of at least 4 members (excludes halogenated alkanes) is 5. The number of hydrogen-bond donors (Lipinski definition) is 0. The zero-order valence-corrected chi connectivity index (χ0v) is 13.4. The molecule has 0 saturated carbocycles. The summed E-state index contributed by atoms with van der Waals surface area (Å²) in [6, 6.07) is 0. The molecule has 116 valence electrons. The van der Waals surface area contributed by atoms with E-state index in [1.165, 1.54) is 0 Å². The molecule has 0 aliphatic rings. The van der Waals surface area contributed by atoms with E-state index < -0.39 is 31.1 Å². The van der Waals surface area contributed by atoms with E-state index in [0.717, 1.165) is 36.1 Å². The smallest absolute Gasteiger partial charge is 0.263 e. The highest BCUT2D eigenvalue weighted by atomic mass is 35.5. The molecule has 0 saturated heterocycles. The van der Waals surface area contributed by atoms with Crippen molar-refractivity contribution < 1.29 is 13.2 Å². The molecule has 0 radical (unpaired) electrons. The van der Waals surface area contributed by atoms with Gasteiger partial charge in [-0.3, -0.25) is 4.79 Å². The highest BCUT2D eigenvalue weighted by Gasteiger charge is 2.52. The maximum absolute atomic E-state index is 12.9. The van der Waals surface area contributed by atoms with Crippen LogP contribution in [0, 0.1) is 0 Å². The standard InChI is InChI=1S/C12H17Cl2F3NOS/c1-2-3-4-5-6-7-8-18-11(19)9(13)10(14)20(18)12(15,16)17/h2-8H2,1H3/q+1. The zero-order chi connectivity index (χ0) is 15.3. The van der Waals surface area contributed by atoms with Crippen molar-refractivity contribution in [1.29, 1.82) is 0 Å². The Kier molecular flexibility index (Phi) is 6.88. The van der Waals surface area contributed by atoms with Crippen LogP contribution in [0.15, 0.2) is 4.79 Å². The van der Waals surface area contributed by atoms with Crippen molar-refractivity contribution >= 4 is 33.9 Å². The molecule has 0 aliphatic carbocycles. The Bertz CT molecular complexity index is 496. The highest BCUT2D eigenvalue weighted by Crippen LogP contribution is 2.48. The van der Waals surface area contributed by atoms with Gasteiger partial charge in [0.05, 0.1) is 6.54 Å². The molecule has 1 rings (SSSR count). The van der Waals surface area contributed by atoms with E-state index in [9.17, 15) is 18.0 Å². The third-order valence-electron chi connectivity index (χ3n) is 2.91. The summed E-state index contributed by atoms with van der Waals surface area (Å²) < 4.78 is 38.9. The Morgan fingerprint density at radius 2 is 1.65 bits per heavy atom. The van der Waals surface area contributed by atoms with Crippen molar-refractivity contribution in [3.63, 3.8) is 0 Å². The van der Waals surface area contributed by atoms with Gasteiger partial charge >= 0.3 is 11.1 Å². The fraction of sp³-hybridized carbons (Fsp3) is 0.750. The molecule has 0 fully saturated rings. The predicted molar refractivity (Wildman–Crippen MR) is 77.9 cm³/mol. The zero-order valence-electron chi connectivity index (χ0n) is 11.1. The molecule has 1 aromatic heterocycles. The van der Waals surface area contributed by atoms with Crippen molar-refractivity contribution in [3.05, 3.63) is 19.7 Å². The molecule has 2 nitrogen and oxygen atoms in total. The van der Waals surface area contributed by atoms with Crippen molar-refractivity contribution in [2.75, 3.05) is 0 Å². The maximum atomic E-state index is 12.9. The molecule has 0 N–H and O–H groups in total. The van der Waals surface area contributed by atoms with E-state index >= 15 is 0 Å². The highest BCUT2D eigenvalue weighted by molar-refractivity contribution is 7.31. The van der Waals surface area contributed by atoms with Crippen molar-refractivity contribution in [3.8, 4) is 0 Å². The molecule has 1 unspecified atom stereocenters. The number of rotatable bonds is 7. The summed E-state index contributed by atoms with van der Waals surface area (Å²) in [6.45, 7) is 2.13. The topological polar surface area (TPSA) is 22.0 Å². The molecular formula is C12H17Cl2F3NOS+. The van der Waals surface area contributed by atoms with E-state index in [1.807, 2.05) is 0 Å². The molecule has 0 amide bonds. The average Bonchev–Trinajstić information content (AvgIpc) is 2.58. The van der Waals surface area contributed by atoms with Gasteiger partial charge in [0.15, 0.2) is 5.02 Å². The minimum absolute atomic E-state index is 0.0417. The number of alkyl halides is 3. The molecule has 0 spiro atoms. The SMILES string of the molecule is CCCCCCCCn1c(=O)c(Cl)c(Cl)[s+]1C(F)(F)F. The minimum atomic E-state index is -4.56. The van der Waals surface area contributed by atoms with E-state index in [4.69, 9.17) is 23.2 Å². The van der Waals surface area contributed by atoms with Crippen LogP contribution in [0.3, 0.4) is 0 Å². The first-order valence-corrected chi connectivity index (χ1v) is 8.42. The first-order valence-electron chi connectivity index (χ1n) is 6.49. The third kappa shape index (κ3) is 4.40. The van der Waals surface area contributed by atoms with Crippen molar-refractivity contribution in [1.82, 2.24) is 3.96 Å². The second kappa shape index (κ2) is 7.71. The molecule has 8 heteroatoms. The molecule has 1 aromatic rings. The van der Waals surface area contributed by atoms with Crippen LogP contribution in [0.1, 0.15) is 45.4 Å². The van der Waals surface area contributed by atoms with Crippen LogP contribution in [-0.2, 0) is 12.1 Å². The van der Waals surface area contributed by atoms with Gasteiger partial charge in [-0.25, -0.2) is 0 Å². The monoisotopic (exact) mass is 350 g/mol. The summed E-state index contributed by atoms with van der Waals surface area (Å²) >= 11 is 11.1. The first kappa shape index (κ1) is 17.9. The van der Waals surface area contributed by atoms with Crippen molar-refractivity contribution in [2.45, 2.75) is 57.5 Å². The fourth-order valence-corrected chi connectivity index (χ4v) is 4.35. The number of nitrogens with zero attached hydrogens (tertiary/aromatic N) is 1. The summed E-state index contributed by atoms with van der Waals surface area (Å²) in [5.74, 6) is 0. The van der Waals surface area contributed by atoms with E-state index in [0.29, 0.717) is 6.42 Å². The molecule has 0 bridgehead atoms. The largest absolute Gasteiger partial charge is 0.622 e. The number of aromatic nitrogens is 1. The van der Waals surface area contributed by atoms with Crippen LogP contribution in [0.4, 0.5) is 13.2 Å². The van der Waals surface area contributed by atoms with Crippen LogP contribution in [0.5, 0.6) is 0 Å². The number of hydrogen-bond acceptors (Lipinski definition) is 1. The summed E-state index contributed by atoms with van der Waals surface area (Å²) in [5, 5.41) is -0.502. The molecule has 0 aromatic carbocycles.